The number of aryl methyl sites for hydroxylation is 1. The molecule has 1 aliphatic rings. The molecule has 1 aromatic heterocycles. The van der Waals surface area contributed by atoms with Crippen molar-refractivity contribution < 1.29 is 22.4 Å². The van der Waals surface area contributed by atoms with E-state index in [0.717, 1.165) is 5.56 Å². The van der Waals surface area contributed by atoms with E-state index >= 15 is 0 Å². The highest BCUT2D eigenvalue weighted by Crippen LogP contribution is 2.12. The van der Waals surface area contributed by atoms with Crippen molar-refractivity contribution in [2.75, 3.05) is 38.5 Å². The average molecular weight is 405 g/mol. The van der Waals surface area contributed by atoms with Gasteiger partial charge in [-0.2, -0.15) is 4.31 Å². The molecule has 9 heteroatoms. The SMILES string of the molecule is Cc1cccc(C(=O)NCCS(=O)(=O)N2CCN(C(=O)c3ccco3)CC2)c1. The number of nitrogens with one attached hydrogen (secondary N) is 1. The molecule has 150 valence electrons. The molecule has 3 rings (SSSR count). The number of carbonyl (C=O) groups excluding carboxylic acids is 2. The Labute approximate surface area is 164 Å². The van der Waals surface area contributed by atoms with Crippen LogP contribution in [-0.2, 0) is 10.0 Å². The molecule has 2 aromatic rings. The number of nitrogens with zero attached hydrogens (tertiary/aromatic N) is 2. The van der Waals surface area contributed by atoms with Crippen LogP contribution in [0.25, 0.3) is 0 Å². The first-order valence-corrected chi connectivity index (χ1v) is 10.6. The molecule has 1 aliphatic heterocycles. The van der Waals surface area contributed by atoms with E-state index < -0.39 is 10.0 Å². The van der Waals surface area contributed by atoms with Crippen LogP contribution in [0.3, 0.4) is 0 Å². The lowest BCUT2D eigenvalue weighted by Crippen LogP contribution is -2.51. The molecule has 0 atom stereocenters. The highest BCUT2D eigenvalue weighted by molar-refractivity contribution is 7.89. The number of sulfonamides is 1. The Morgan fingerprint density at radius 2 is 1.86 bits per heavy atom. The molecule has 0 radical (unpaired) electrons. The van der Waals surface area contributed by atoms with Gasteiger partial charge >= 0.3 is 0 Å². The molecule has 0 aliphatic carbocycles. The molecule has 1 saturated heterocycles. The Morgan fingerprint density at radius 1 is 1.11 bits per heavy atom. The molecule has 1 aromatic carbocycles. The highest BCUT2D eigenvalue weighted by Gasteiger charge is 2.29. The van der Waals surface area contributed by atoms with Gasteiger partial charge in [0.25, 0.3) is 11.8 Å². The predicted molar refractivity (Wildman–Crippen MR) is 103 cm³/mol. The van der Waals surface area contributed by atoms with Crippen LogP contribution >= 0.6 is 0 Å². The molecule has 28 heavy (non-hydrogen) atoms. The molecule has 1 fully saturated rings. The van der Waals surface area contributed by atoms with Crippen molar-refractivity contribution in [3.63, 3.8) is 0 Å². The summed E-state index contributed by atoms with van der Waals surface area (Å²) in [5, 5.41) is 2.65. The predicted octanol–water partition coefficient (Wildman–Crippen LogP) is 1.11. The second kappa shape index (κ2) is 8.57. The lowest BCUT2D eigenvalue weighted by molar-refractivity contribution is 0.0665. The van der Waals surface area contributed by atoms with E-state index in [1.807, 2.05) is 13.0 Å². The molecule has 2 heterocycles. The minimum atomic E-state index is -3.52. The zero-order chi connectivity index (χ0) is 20.1. The van der Waals surface area contributed by atoms with Crippen molar-refractivity contribution in [1.82, 2.24) is 14.5 Å². The maximum Gasteiger partial charge on any atom is 0.289 e. The number of piperazine rings is 1. The van der Waals surface area contributed by atoms with Gasteiger partial charge in [0.2, 0.25) is 10.0 Å². The molecular formula is C19H23N3O5S. The van der Waals surface area contributed by atoms with Crippen molar-refractivity contribution >= 4 is 21.8 Å². The Kier molecular flexibility index (Phi) is 6.15. The Bertz CT molecular complexity index is 932. The molecule has 0 saturated carbocycles. The van der Waals surface area contributed by atoms with E-state index in [9.17, 15) is 18.0 Å². The standard InChI is InChI=1S/C19H23N3O5S/c1-15-4-2-5-16(14-15)18(23)20-7-13-28(25,26)22-10-8-21(9-11-22)19(24)17-6-3-12-27-17/h2-6,12,14H,7-11,13H2,1H3,(H,20,23). The summed E-state index contributed by atoms with van der Waals surface area (Å²) in [6, 6.07) is 10.3. The molecule has 1 N–H and O–H groups in total. The highest BCUT2D eigenvalue weighted by atomic mass is 32.2. The van der Waals surface area contributed by atoms with Crippen molar-refractivity contribution in [3.8, 4) is 0 Å². The van der Waals surface area contributed by atoms with E-state index in [1.165, 1.54) is 10.6 Å². The van der Waals surface area contributed by atoms with E-state index in [1.54, 1.807) is 35.2 Å². The van der Waals surface area contributed by atoms with Gasteiger partial charge < -0.3 is 14.6 Å². The Morgan fingerprint density at radius 3 is 2.50 bits per heavy atom. The first-order chi connectivity index (χ1) is 13.4. The lowest BCUT2D eigenvalue weighted by atomic mass is 10.1. The summed E-state index contributed by atoms with van der Waals surface area (Å²) in [5.74, 6) is -0.480. The van der Waals surface area contributed by atoms with Crippen LogP contribution in [0.15, 0.2) is 47.1 Å². The molecule has 8 nitrogen and oxygen atoms in total. The monoisotopic (exact) mass is 405 g/mol. The second-order valence-corrected chi connectivity index (χ2v) is 8.70. The number of amides is 2. The van der Waals surface area contributed by atoms with Gasteiger partial charge in [-0.05, 0) is 31.2 Å². The molecule has 2 amide bonds. The zero-order valence-electron chi connectivity index (χ0n) is 15.6. The van der Waals surface area contributed by atoms with E-state index in [2.05, 4.69) is 5.32 Å². The fourth-order valence-corrected chi connectivity index (χ4v) is 4.37. The number of carbonyl (C=O) groups is 2. The number of benzene rings is 1. The van der Waals surface area contributed by atoms with Gasteiger partial charge in [0.1, 0.15) is 0 Å². The minimum Gasteiger partial charge on any atom is -0.459 e. The van der Waals surface area contributed by atoms with Gasteiger partial charge in [-0.15, -0.1) is 0 Å². The van der Waals surface area contributed by atoms with Crippen LogP contribution in [0.5, 0.6) is 0 Å². The average Bonchev–Trinajstić information content (AvgIpc) is 3.22. The largest absolute Gasteiger partial charge is 0.459 e. The van der Waals surface area contributed by atoms with Gasteiger partial charge in [0, 0.05) is 38.3 Å². The van der Waals surface area contributed by atoms with Crippen LogP contribution in [0.4, 0.5) is 0 Å². The van der Waals surface area contributed by atoms with Gasteiger partial charge in [0.05, 0.1) is 12.0 Å². The summed E-state index contributed by atoms with van der Waals surface area (Å²) in [6.45, 7) is 2.96. The molecule has 0 spiro atoms. The van der Waals surface area contributed by atoms with Crippen molar-refractivity contribution in [2.24, 2.45) is 0 Å². The number of rotatable bonds is 6. The maximum absolute atomic E-state index is 12.5. The summed E-state index contributed by atoms with van der Waals surface area (Å²) in [7, 11) is -3.52. The Balaban J connectivity index is 1.47. The fourth-order valence-electron chi connectivity index (χ4n) is 3.04. The third-order valence-corrected chi connectivity index (χ3v) is 6.45. The third-order valence-electron chi connectivity index (χ3n) is 4.58. The van der Waals surface area contributed by atoms with Crippen LogP contribution in [-0.4, -0.2) is 67.9 Å². The minimum absolute atomic E-state index is 0.0284. The summed E-state index contributed by atoms with van der Waals surface area (Å²) >= 11 is 0. The summed E-state index contributed by atoms with van der Waals surface area (Å²) < 4.78 is 31.5. The van der Waals surface area contributed by atoms with Gasteiger partial charge in [-0.3, -0.25) is 9.59 Å². The van der Waals surface area contributed by atoms with E-state index in [-0.39, 0.29) is 43.0 Å². The number of hydrogen-bond acceptors (Lipinski definition) is 5. The summed E-state index contributed by atoms with van der Waals surface area (Å²) in [6.07, 6.45) is 1.43. The van der Waals surface area contributed by atoms with Crippen molar-refractivity contribution in [3.05, 3.63) is 59.5 Å². The second-order valence-electron chi connectivity index (χ2n) is 6.61. The molecule has 0 bridgehead atoms. The number of hydrogen-bond donors (Lipinski definition) is 1. The van der Waals surface area contributed by atoms with E-state index in [4.69, 9.17) is 4.42 Å². The normalized spacial score (nSPS) is 15.4. The maximum atomic E-state index is 12.5. The first kappa shape index (κ1) is 20.1. The Hall–Kier alpha value is -2.65. The summed E-state index contributed by atoms with van der Waals surface area (Å²) in [4.78, 5) is 25.9. The van der Waals surface area contributed by atoms with Crippen LogP contribution in [0, 0.1) is 6.92 Å². The van der Waals surface area contributed by atoms with Crippen LogP contribution < -0.4 is 5.32 Å². The van der Waals surface area contributed by atoms with Crippen LogP contribution in [0.2, 0.25) is 0 Å². The van der Waals surface area contributed by atoms with Gasteiger partial charge in [-0.25, -0.2) is 8.42 Å². The topological polar surface area (TPSA) is 99.9 Å². The van der Waals surface area contributed by atoms with Gasteiger partial charge in [0.15, 0.2) is 5.76 Å². The third kappa shape index (κ3) is 4.79. The van der Waals surface area contributed by atoms with Crippen molar-refractivity contribution in [1.29, 1.82) is 0 Å². The quantitative estimate of drug-likeness (QED) is 0.776. The summed E-state index contributed by atoms with van der Waals surface area (Å²) in [5.41, 5.74) is 1.46. The number of furan rings is 1. The lowest BCUT2D eigenvalue weighted by Gasteiger charge is -2.33. The van der Waals surface area contributed by atoms with E-state index in [0.29, 0.717) is 18.7 Å². The van der Waals surface area contributed by atoms with Crippen molar-refractivity contribution in [2.45, 2.75) is 6.92 Å². The first-order valence-electron chi connectivity index (χ1n) is 9.02. The molecule has 0 unspecified atom stereocenters. The smallest absolute Gasteiger partial charge is 0.289 e. The zero-order valence-corrected chi connectivity index (χ0v) is 16.4. The van der Waals surface area contributed by atoms with Gasteiger partial charge in [-0.1, -0.05) is 17.7 Å². The van der Waals surface area contributed by atoms with Crippen LogP contribution in [0.1, 0.15) is 26.5 Å². The molecular weight excluding hydrogens is 382 g/mol. The fraction of sp³-hybridized carbons (Fsp3) is 0.368.